The van der Waals surface area contributed by atoms with E-state index in [9.17, 15) is 0 Å². The Morgan fingerprint density at radius 1 is 0.553 bits per heavy atom. The summed E-state index contributed by atoms with van der Waals surface area (Å²) in [6.45, 7) is 13.5. The largest absolute Gasteiger partial charge is 1.00 e. The first-order valence-corrected chi connectivity index (χ1v) is 13.9. The average Bonchev–Trinajstić information content (AvgIpc) is 3.09. The van der Waals surface area contributed by atoms with Crippen molar-refractivity contribution in [2.75, 3.05) is 0 Å². The molecule has 5 rings (SSSR count). The number of benzene rings is 3. The Balaban J connectivity index is 0.00000169. The quantitative estimate of drug-likeness (QED) is 0.283. The summed E-state index contributed by atoms with van der Waals surface area (Å²) < 4.78 is 0.573. The Labute approximate surface area is 260 Å². The van der Waals surface area contributed by atoms with E-state index in [-0.39, 0.29) is 42.6 Å². The van der Waals surface area contributed by atoms with Crippen molar-refractivity contribution in [3.05, 3.63) is 129 Å². The molecule has 0 bridgehead atoms. The standard InChI is InChI=1S/C34H37.3ClH.Ti/c1-22-11-23(2)15-30(14-22)34(31-16-24(3)12-25(4)17-31,32-18-26(5)13-27(6)19-32)33-20-28-9-7-8-10-29(28)21-33;;;;/h7-20,28-29,33H,21H2,1-6H3;3*1H;/q;;;;+3/p-3. The first kappa shape index (κ1) is 32.9. The molecule has 38 heavy (non-hydrogen) atoms. The maximum Gasteiger partial charge on any atom is -1.00 e. The average molecular weight is 600 g/mol. The van der Waals surface area contributed by atoms with E-state index in [4.69, 9.17) is 0 Å². The molecule has 1 saturated carbocycles. The molecule has 4 unspecified atom stereocenters. The van der Waals surface area contributed by atoms with Crippen molar-refractivity contribution < 1.29 is 57.7 Å². The Hall–Kier alpha value is -1.28. The summed E-state index contributed by atoms with van der Waals surface area (Å²) in [5, 5.41) is 0. The van der Waals surface area contributed by atoms with Gasteiger partial charge in [-0.3, -0.25) is 0 Å². The molecule has 0 heterocycles. The number of allylic oxidation sites excluding steroid dienone is 4. The number of fused-ring (bicyclic) bond motifs is 1. The fourth-order valence-corrected chi connectivity index (χ4v) is 8.36. The number of hydrogen-bond acceptors (Lipinski definition) is 0. The van der Waals surface area contributed by atoms with Crippen LogP contribution in [0.25, 0.3) is 0 Å². The van der Waals surface area contributed by atoms with Crippen LogP contribution in [0.4, 0.5) is 0 Å². The molecule has 3 aromatic carbocycles. The van der Waals surface area contributed by atoms with Crippen molar-refractivity contribution in [3.63, 3.8) is 0 Å². The van der Waals surface area contributed by atoms with Crippen LogP contribution >= 0.6 is 0 Å². The Morgan fingerprint density at radius 3 is 1.24 bits per heavy atom. The summed E-state index contributed by atoms with van der Waals surface area (Å²) in [4.78, 5) is 0. The topological polar surface area (TPSA) is 0 Å². The van der Waals surface area contributed by atoms with Crippen LogP contribution in [0.5, 0.6) is 0 Å². The van der Waals surface area contributed by atoms with Gasteiger partial charge in [0, 0.05) is 0 Å². The molecule has 1 fully saturated rings. The van der Waals surface area contributed by atoms with Crippen LogP contribution in [-0.2, 0) is 25.9 Å². The SMILES string of the molecule is Cc1cc(C)cc(C(c2cc(C)cc(C)c2)(c2cc(C)cc(C)c2)C2CC3C=CC=CC3[CH]2[Ti+3])c1.[Cl-].[Cl-].[Cl-]. The maximum absolute atomic E-state index is 2.52. The minimum atomic E-state index is -0.206. The molecule has 0 N–H and O–H groups in total. The van der Waals surface area contributed by atoms with Gasteiger partial charge in [0.25, 0.3) is 0 Å². The van der Waals surface area contributed by atoms with E-state index >= 15 is 0 Å². The third-order valence-corrected chi connectivity index (χ3v) is 9.49. The minimum absolute atomic E-state index is 0. The zero-order valence-electron chi connectivity index (χ0n) is 23.2. The van der Waals surface area contributed by atoms with E-state index < -0.39 is 0 Å². The fourth-order valence-electron chi connectivity index (χ4n) is 7.20. The van der Waals surface area contributed by atoms with E-state index in [2.05, 4.69) is 141 Å². The zero-order chi connectivity index (χ0) is 24.9. The monoisotopic (exact) mass is 598 g/mol. The van der Waals surface area contributed by atoms with Crippen LogP contribution in [0.3, 0.4) is 0 Å². The Morgan fingerprint density at radius 2 is 0.895 bits per heavy atom. The van der Waals surface area contributed by atoms with Gasteiger partial charge in [-0.15, -0.1) is 0 Å². The van der Waals surface area contributed by atoms with Gasteiger partial charge >= 0.3 is 225 Å². The molecule has 0 nitrogen and oxygen atoms in total. The number of aryl methyl sites for hydroxylation is 6. The van der Waals surface area contributed by atoms with Crippen molar-refractivity contribution in [1.29, 1.82) is 0 Å². The molecule has 0 saturated heterocycles. The summed E-state index contributed by atoms with van der Waals surface area (Å²) in [6.07, 6.45) is 10.7. The van der Waals surface area contributed by atoms with Gasteiger partial charge < -0.3 is 37.2 Å². The zero-order valence-corrected chi connectivity index (χ0v) is 27.0. The van der Waals surface area contributed by atoms with Gasteiger partial charge in [0.1, 0.15) is 0 Å². The number of hydrogen-bond donors (Lipinski definition) is 0. The Kier molecular flexibility index (Phi) is 11.2. The summed E-state index contributed by atoms with van der Waals surface area (Å²) >= 11 is 2.52. The molecule has 0 amide bonds. The summed E-state index contributed by atoms with van der Waals surface area (Å²) in [7, 11) is 0. The van der Waals surface area contributed by atoms with Gasteiger partial charge in [-0.25, -0.2) is 0 Å². The van der Waals surface area contributed by atoms with Crippen molar-refractivity contribution in [3.8, 4) is 0 Å². The molecule has 0 spiro atoms. The predicted octanol–water partition coefficient (Wildman–Crippen LogP) is -0.403. The van der Waals surface area contributed by atoms with Crippen molar-refractivity contribution >= 4 is 0 Å². The molecular weight excluding hydrogens is 563 g/mol. The molecule has 2 aliphatic carbocycles. The second-order valence-electron chi connectivity index (χ2n) is 11.3. The molecule has 0 aromatic heterocycles. The van der Waals surface area contributed by atoms with Crippen molar-refractivity contribution in [1.82, 2.24) is 0 Å². The minimum Gasteiger partial charge on any atom is -1.00 e. The molecule has 0 aliphatic heterocycles. The summed E-state index contributed by atoms with van der Waals surface area (Å²) in [5.74, 6) is 1.71. The number of rotatable bonds is 4. The van der Waals surface area contributed by atoms with Crippen LogP contribution in [0.2, 0.25) is 4.22 Å². The van der Waals surface area contributed by atoms with Gasteiger partial charge in [0.2, 0.25) is 0 Å². The third-order valence-electron chi connectivity index (χ3n) is 8.26. The first-order valence-electron chi connectivity index (χ1n) is 13.0. The van der Waals surface area contributed by atoms with E-state index in [1.54, 1.807) is 0 Å². The van der Waals surface area contributed by atoms with Crippen LogP contribution in [0.1, 0.15) is 56.5 Å². The first-order chi connectivity index (χ1) is 16.7. The predicted molar refractivity (Wildman–Crippen MR) is 145 cm³/mol. The molecule has 2 aliphatic rings. The fraction of sp³-hybridized carbons (Fsp3) is 0.353. The van der Waals surface area contributed by atoms with E-state index in [1.165, 1.54) is 56.5 Å². The van der Waals surface area contributed by atoms with Crippen LogP contribution in [0.15, 0.2) is 78.9 Å². The van der Waals surface area contributed by atoms with Crippen molar-refractivity contribution in [2.24, 2.45) is 17.8 Å². The van der Waals surface area contributed by atoms with Crippen molar-refractivity contribution in [2.45, 2.75) is 57.6 Å². The maximum atomic E-state index is 2.52. The molecule has 198 valence electrons. The smallest absolute Gasteiger partial charge is 1.00 e. The van der Waals surface area contributed by atoms with Gasteiger partial charge in [-0.1, -0.05) is 0 Å². The van der Waals surface area contributed by atoms with E-state index in [0.717, 1.165) is 0 Å². The molecular formula is C34H37Cl3Ti. The van der Waals surface area contributed by atoms with Crippen LogP contribution < -0.4 is 37.2 Å². The normalized spacial score (nSPS) is 21.7. The molecule has 4 heteroatoms. The third kappa shape index (κ3) is 5.91. The molecule has 3 aromatic rings. The van der Waals surface area contributed by atoms with Gasteiger partial charge in [0.15, 0.2) is 0 Å². The Bertz CT molecular complexity index is 1150. The summed E-state index contributed by atoms with van der Waals surface area (Å²) in [6, 6.07) is 21.8. The van der Waals surface area contributed by atoms with Gasteiger partial charge in [0.05, 0.1) is 0 Å². The van der Waals surface area contributed by atoms with E-state index in [0.29, 0.717) is 22.0 Å². The van der Waals surface area contributed by atoms with Crippen LogP contribution in [-0.4, -0.2) is 0 Å². The van der Waals surface area contributed by atoms with Gasteiger partial charge in [-0.2, -0.15) is 0 Å². The number of halogens is 3. The molecule has 4 atom stereocenters. The van der Waals surface area contributed by atoms with E-state index in [1.807, 2.05) is 0 Å². The summed E-state index contributed by atoms with van der Waals surface area (Å²) in [5.41, 5.74) is 12.2. The van der Waals surface area contributed by atoms with Crippen LogP contribution in [0, 0.1) is 59.3 Å². The molecule has 0 radical (unpaired) electrons. The second kappa shape index (κ2) is 12.9. The van der Waals surface area contributed by atoms with Gasteiger partial charge in [-0.05, 0) is 0 Å². The second-order valence-corrected chi connectivity index (χ2v) is 12.4.